The van der Waals surface area contributed by atoms with Crippen molar-refractivity contribution >= 4 is 29.2 Å². The maximum absolute atomic E-state index is 15.1. The van der Waals surface area contributed by atoms with Crippen molar-refractivity contribution in [1.29, 1.82) is 0 Å². The Morgan fingerprint density at radius 3 is 2.73 bits per heavy atom. The number of halogens is 2. The molecule has 2 atom stereocenters. The summed E-state index contributed by atoms with van der Waals surface area (Å²) in [5.74, 6) is -1.77. The molecule has 2 heterocycles. The first-order valence-corrected chi connectivity index (χ1v) is 10.5. The quantitative estimate of drug-likeness (QED) is 0.435. The Kier molecular flexibility index (Phi) is 6.24. The molecule has 5 nitrogen and oxygen atoms in total. The Labute approximate surface area is 180 Å². The van der Waals surface area contributed by atoms with E-state index in [1.165, 1.54) is 11.8 Å². The standard InChI is InChI=1S/C22H25F2N5S/c23-20-16(12-26-27-22(25)30)8-9-19(21(20)24)29-14-17-7-4-10-28(17)13-18(29)11-15-5-2-1-3-6-15/h1-3,5-6,8-9,12,17-18H,4,7,10-11,13-14H2,(H3,25,27,30)/b26-12+/t17?,18-/m0/s1. The fraction of sp³-hybridized carbons (Fsp3) is 0.364. The van der Waals surface area contributed by atoms with Gasteiger partial charge in [-0.3, -0.25) is 10.3 Å². The molecule has 0 amide bonds. The maximum Gasteiger partial charge on any atom is 0.184 e. The number of fused-ring (bicyclic) bond motifs is 1. The number of thiocarbonyl (C=S) groups is 1. The summed E-state index contributed by atoms with van der Waals surface area (Å²) in [6.07, 6.45) is 4.21. The van der Waals surface area contributed by atoms with E-state index in [9.17, 15) is 4.39 Å². The molecule has 2 fully saturated rings. The number of nitrogens with zero attached hydrogens (tertiary/aromatic N) is 3. The minimum atomic E-state index is -0.923. The average molecular weight is 430 g/mol. The van der Waals surface area contributed by atoms with Crippen molar-refractivity contribution in [2.75, 3.05) is 24.5 Å². The van der Waals surface area contributed by atoms with E-state index in [0.717, 1.165) is 32.4 Å². The van der Waals surface area contributed by atoms with Crippen LogP contribution in [-0.4, -0.2) is 47.9 Å². The SMILES string of the molecule is NC(=S)N/N=C/c1ccc(N2CC3CCCN3C[C@@H]2Cc2ccccc2)c(F)c1F. The zero-order valence-corrected chi connectivity index (χ0v) is 17.4. The lowest BCUT2D eigenvalue weighted by molar-refractivity contribution is 0.195. The number of hydrogen-bond acceptors (Lipinski definition) is 4. The third-order valence-electron chi connectivity index (χ3n) is 5.89. The first-order chi connectivity index (χ1) is 14.5. The van der Waals surface area contributed by atoms with Crippen LogP contribution in [-0.2, 0) is 6.42 Å². The van der Waals surface area contributed by atoms with Crippen LogP contribution < -0.4 is 16.1 Å². The first-order valence-electron chi connectivity index (χ1n) is 10.1. The van der Waals surface area contributed by atoms with Gasteiger partial charge in [0.15, 0.2) is 16.7 Å². The van der Waals surface area contributed by atoms with E-state index in [4.69, 9.17) is 5.73 Å². The average Bonchev–Trinajstić information content (AvgIpc) is 3.19. The lowest BCUT2D eigenvalue weighted by Gasteiger charge is -2.45. The van der Waals surface area contributed by atoms with Crippen molar-refractivity contribution in [3.05, 3.63) is 65.2 Å². The van der Waals surface area contributed by atoms with Crippen molar-refractivity contribution in [1.82, 2.24) is 10.3 Å². The van der Waals surface area contributed by atoms with E-state index in [1.54, 1.807) is 12.1 Å². The molecular formula is C22H25F2N5S. The molecule has 158 valence electrons. The summed E-state index contributed by atoms with van der Waals surface area (Å²) in [4.78, 5) is 4.53. The minimum absolute atomic E-state index is 0.0399. The Hall–Kier alpha value is -2.58. The monoisotopic (exact) mass is 429 g/mol. The molecule has 8 heteroatoms. The molecule has 2 aromatic carbocycles. The van der Waals surface area contributed by atoms with Gasteiger partial charge in [0, 0.05) is 30.7 Å². The summed E-state index contributed by atoms with van der Waals surface area (Å²) in [5, 5.41) is 3.69. The highest BCUT2D eigenvalue weighted by Gasteiger charge is 2.37. The van der Waals surface area contributed by atoms with Crippen LogP contribution in [0.15, 0.2) is 47.6 Å². The molecule has 2 saturated heterocycles. The lowest BCUT2D eigenvalue weighted by Crippen LogP contribution is -2.57. The Morgan fingerprint density at radius 1 is 1.17 bits per heavy atom. The van der Waals surface area contributed by atoms with Crippen LogP contribution in [0.2, 0.25) is 0 Å². The van der Waals surface area contributed by atoms with Crippen molar-refractivity contribution in [3.63, 3.8) is 0 Å². The van der Waals surface area contributed by atoms with E-state index in [-0.39, 0.29) is 16.7 Å². The summed E-state index contributed by atoms with van der Waals surface area (Å²) in [5.41, 5.74) is 9.19. The summed E-state index contributed by atoms with van der Waals surface area (Å²) in [6, 6.07) is 13.8. The van der Waals surface area contributed by atoms with Crippen LogP contribution in [0.3, 0.4) is 0 Å². The molecule has 0 radical (unpaired) electrons. The topological polar surface area (TPSA) is 56.9 Å². The Morgan fingerprint density at radius 2 is 1.97 bits per heavy atom. The number of hydrogen-bond donors (Lipinski definition) is 2. The van der Waals surface area contributed by atoms with Crippen molar-refractivity contribution < 1.29 is 8.78 Å². The van der Waals surface area contributed by atoms with E-state index in [2.05, 4.69) is 39.8 Å². The van der Waals surface area contributed by atoms with E-state index in [0.29, 0.717) is 18.3 Å². The van der Waals surface area contributed by atoms with Crippen molar-refractivity contribution in [2.45, 2.75) is 31.3 Å². The van der Waals surface area contributed by atoms with E-state index < -0.39 is 11.6 Å². The number of anilines is 1. The van der Waals surface area contributed by atoms with Crippen LogP contribution in [0.4, 0.5) is 14.5 Å². The second kappa shape index (κ2) is 9.06. The molecule has 0 saturated carbocycles. The zero-order valence-electron chi connectivity index (χ0n) is 16.6. The largest absolute Gasteiger partial charge is 0.375 e. The van der Waals surface area contributed by atoms with Gasteiger partial charge >= 0.3 is 0 Å². The molecule has 0 bridgehead atoms. The molecule has 1 unspecified atom stereocenters. The van der Waals surface area contributed by atoms with E-state index in [1.807, 2.05) is 23.1 Å². The lowest BCUT2D eigenvalue weighted by atomic mass is 9.98. The number of nitrogens with two attached hydrogens (primary N) is 1. The molecule has 2 aromatic rings. The third kappa shape index (κ3) is 4.44. The van der Waals surface area contributed by atoms with Crippen LogP contribution in [0, 0.1) is 11.6 Å². The molecule has 4 rings (SSSR count). The number of nitrogens with one attached hydrogen (secondary N) is 1. The Bertz CT molecular complexity index is 937. The molecule has 3 N–H and O–H groups in total. The molecule has 0 aromatic heterocycles. The molecule has 2 aliphatic rings. The normalized spacial score (nSPS) is 21.7. The van der Waals surface area contributed by atoms with Gasteiger partial charge in [-0.05, 0) is 55.7 Å². The minimum Gasteiger partial charge on any atom is -0.375 e. The van der Waals surface area contributed by atoms with Crippen molar-refractivity contribution in [2.24, 2.45) is 10.8 Å². The molecule has 0 spiro atoms. The Balaban J connectivity index is 1.62. The van der Waals surface area contributed by atoms with Gasteiger partial charge in [-0.2, -0.15) is 5.10 Å². The number of hydrazone groups is 1. The molecular weight excluding hydrogens is 404 g/mol. The molecule has 2 aliphatic heterocycles. The molecule has 30 heavy (non-hydrogen) atoms. The highest BCUT2D eigenvalue weighted by molar-refractivity contribution is 7.80. The predicted octanol–water partition coefficient (Wildman–Crippen LogP) is 3.03. The highest BCUT2D eigenvalue weighted by Crippen LogP contribution is 2.33. The number of piperazine rings is 1. The summed E-state index contributed by atoms with van der Waals surface area (Å²) < 4.78 is 29.9. The predicted molar refractivity (Wildman–Crippen MR) is 120 cm³/mol. The van der Waals surface area contributed by atoms with Crippen LogP contribution in [0.5, 0.6) is 0 Å². The van der Waals surface area contributed by atoms with Gasteiger partial charge in [0.25, 0.3) is 0 Å². The van der Waals surface area contributed by atoms with Crippen LogP contribution in [0.1, 0.15) is 24.0 Å². The van der Waals surface area contributed by atoms with Gasteiger partial charge in [0.05, 0.1) is 11.9 Å². The van der Waals surface area contributed by atoms with E-state index >= 15 is 4.39 Å². The summed E-state index contributed by atoms with van der Waals surface area (Å²) in [6.45, 7) is 2.62. The summed E-state index contributed by atoms with van der Waals surface area (Å²) in [7, 11) is 0. The van der Waals surface area contributed by atoms with Crippen LogP contribution >= 0.6 is 12.2 Å². The second-order valence-corrected chi connectivity index (χ2v) is 8.26. The van der Waals surface area contributed by atoms with Gasteiger partial charge in [-0.25, -0.2) is 8.78 Å². The first kappa shape index (κ1) is 20.7. The fourth-order valence-electron chi connectivity index (χ4n) is 4.48. The van der Waals surface area contributed by atoms with Gasteiger partial charge < -0.3 is 10.6 Å². The number of rotatable bonds is 5. The maximum atomic E-state index is 15.1. The van der Waals surface area contributed by atoms with Crippen LogP contribution in [0.25, 0.3) is 0 Å². The smallest absolute Gasteiger partial charge is 0.184 e. The van der Waals surface area contributed by atoms with Crippen molar-refractivity contribution in [3.8, 4) is 0 Å². The summed E-state index contributed by atoms with van der Waals surface area (Å²) >= 11 is 4.65. The third-order valence-corrected chi connectivity index (χ3v) is 5.98. The second-order valence-electron chi connectivity index (χ2n) is 7.82. The van der Waals surface area contributed by atoms with Gasteiger partial charge in [0.2, 0.25) is 0 Å². The highest BCUT2D eigenvalue weighted by atomic mass is 32.1. The van der Waals surface area contributed by atoms with Gasteiger partial charge in [-0.15, -0.1) is 0 Å². The zero-order chi connectivity index (χ0) is 21.1. The fourth-order valence-corrected chi connectivity index (χ4v) is 4.54. The van der Waals surface area contributed by atoms with Gasteiger partial charge in [0.1, 0.15) is 0 Å². The van der Waals surface area contributed by atoms with Gasteiger partial charge in [-0.1, -0.05) is 30.3 Å². The number of benzene rings is 2. The molecule has 0 aliphatic carbocycles.